The number of carbonyl (C=O) groups excluding carboxylic acids is 2. The van der Waals surface area contributed by atoms with Crippen LogP contribution in [0, 0.1) is 34.0 Å². The van der Waals surface area contributed by atoms with Crippen LogP contribution in [0.4, 0.5) is 0 Å². The molecule has 3 aliphatic carbocycles. The van der Waals surface area contributed by atoms with E-state index in [-0.39, 0.29) is 36.8 Å². The van der Waals surface area contributed by atoms with E-state index < -0.39 is 28.3 Å². The third-order valence-corrected chi connectivity index (χ3v) is 7.64. The second-order valence-corrected chi connectivity index (χ2v) is 8.92. The molecule has 5 heteroatoms. The normalized spacial score (nSPS) is 47.8. The van der Waals surface area contributed by atoms with Gasteiger partial charge in [-0.2, -0.15) is 0 Å². The number of fused-ring (bicyclic) bond motifs is 2. The highest BCUT2D eigenvalue weighted by atomic mass is 16.5. The maximum absolute atomic E-state index is 13.2. The predicted molar refractivity (Wildman–Crippen MR) is 90.3 cm³/mol. The van der Waals surface area contributed by atoms with Gasteiger partial charge in [-0.05, 0) is 48.2 Å². The van der Waals surface area contributed by atoms with Crippen LogP contribution in [0.15, 0.2) is 24.3 Å². The van der Waals surface area contributed by atoms with Gasteiger partial charge in [-0.3, -0.25) is 9.59 Å². The largest absolute Gasteiger partial charge is 0.464 e. The Kier molecular flexibility index (Phi) is 3.42. The summed E-state index contributed by atoms with van der Waals surface area (Å²) in [6.45, 7) is 7.83. The lowest BCUT2D eigenvalue weighted by Crippen LogP contribution is -2.66. The maximum atomic E-state index is 13.2. The van der Waals surface area contributed by atoms with E-state index in [0.29, 0.717) is 18.4 Å². The molecule has 4 aliphatic rings. The smallest absolute Gasteiger partial charge is 0.315 e. The summed E-state index contributed by atoms with van der Waals surface area (Å²) in [5.74, 6) is -1.09. The molecule has 2 N–H and O–H groups in total. The van der Waals surface area contributed by atoms with Crippen LogP contribution in [0.5, 0.6) is 0 Å². The molecule has 5 nitrogen and oxygen atoms in total. The van der Waals surface area contributed by atoms with Gasteiger partial charge in [-0.25, -0.2) is 0 Å². The molecule has 25 heavy (non-hydrogen) atoms. The Morgan fingerprint density at radius 1 is 1.28 bits per heavy atom. The zero-order valence-corrected chi connectivity index (χ0v) is 14.8. The first-order valence-electron chi connectivity index (χ1n) is 9.10. The fourth-order valence-electron chi connectivity index (χ4n) is 6.31. The quantitative estimate of drug-likeness (QED) is 0.557. The number of hydrogen-bond donors (Lipinski definition) is 2. The molecule has 0 unspecified atom stereocenters. The lowest BCUT2D eigenvalue weighted by atomic mass is 9.45. The van der Waals surface area contributed by atoms with Crippen molar-refractivity contribution in [2.45, 2.75) is 39.2 Å². The summed E-state index contributed by atoms with van der Waals surface area (Å²) in [6.07, 6.45) is 4.43. The van der Waals surface area contributed by atoms with Crippen LogP contribution in [0.1, 0.15) is 33.1 Å². The summed E-state index contributed by atoms with van der Waals surface area (Å²) in [5.41, 5.74) is -1.78. The average molecular weight is 346 g/mol. The summed E-state index contributed by atoms with van der Waals surface area (Å²) in [6, 6.07) is 0. The number of carbonyl (C=O) groups is 2. The molecule has 1 aliphatic heterocycles. The maximum Gasteiger partial charge on any atom is 0.315 e. The van der Waals surface area contributed by atoms with Gasteiger partial charge in [0.15, 0.2) is 5.78 Å². The molecule has 0 aromatic heterocycles. The molecule has 2 saturated carbocycles. The van der Waals surface area contributed by atoms with Crippen molar-refractivity contribution in [2.24, 2.45) is 34.0 Å². The van der Waals surface area contributed by atoms with E-state index >= 15 is 0 Å². The monoisotopic (exact) mass is 346 g/mol. The minimum atomic E-state index is -1.09. The molecule has 4 rings (SSSR count). The minimum Gasteiger partial charge on any atom is -0.464 e. The number of cyclic esters (lactones) is 1. The number of hydrogen-bond acceptors (Lipinski definition) is 5. The Hall–Kier alpha value is -1.46. The number of allylic oxidation sites excluding steroid dienone is 2. The van der Waals surface area contributed by atoms with Crippen LogP contribution >= 0.6 is 0 Å². The van der Waals surface area contributed by atoms with Crippen molar-refractivity contribution in [3.8, 4) is 0 Å². The Bertz CT molecular complexity index is 692. The highest BCUT2D eigenvalue weighted by molar-refractivity contribution is 5.98. The van der Waals surface area contributed by atoms with Crippen LogP contribution in [0.2, 0.25) is 0 Å². The van der Waals surface area contributed by atoms with Crippen LogP contribution in [0.25, 0.3) is 0 Å². The van der Waals surface area contributed by atoms with E-state index in [1.807, 2.05) is 19.9 Å². The lowest BCUT2D eigenvalue weighted by Gasteiger charge is -2.59. The molecule has 0 aromatic carbocycles. The van der Waals surface area contributed by atoms with Crippen molar-refractivity contribution < 1.29 is 24.5 Å². The van der Waals surface area contributed by atoms with Gasteiger partial charge < -0.3 is 14.9 Å². The van der Waals surface area contributed by atoms with E-state index in [0.717, 1.165) is 6.42 Å². The summed E-state index contributed by atoms with van der Waals surface area (Å²) in [4.78, 5) is 26.0. The second kappa shape index (κ2) is 5.04. The van der Waals surface area contributed by atoms with E-state index in [2.05, 4.69) is 6.58 Å². The molecule has 1 heterocycles. The van der Waals surface area contributed by atoms with Crippen LogP contribution in [-0.4, -0.2) is 41.3 Å². The molecular formula is C20H26O5. The molecule has 1 saturated heterocycles. The second-order valence-electron chi connectivity index (χ2n) is 8.92. The highest BCUT2D eigenvalue weighted by Crippen LogP contribution is 2.67. The lowest BCUT2D eigenvalue weighted by molar-refractivity contribution is -0.215. The first kappa shape index (κ1) is 17.0. The number of aliphatic hydroxyl groups is 2. The fourth-order valence-corrected chi connectivity index (χ4v) is 6.31. The van der Waals surface area contributed by atoms with Crippen molar-refractivity contribution in [1.82, 2.24) is 0 Å². The molecule has 0 radical (unpaired) electrons. The van der Waals surface area contributed by atoms with Crippen LogP contribution < -0.4 is 0 Å². The Morgan fingerprint density at radius 3 is 2.68 bits per heavy atom. The molecule has 136 valence electrons. The molecule has 6 atom stereocenters. The predicted octanol–water partition coefficient (Wildman–Crippen LogP) is 1.64. The van der Waals surface area contributed by atoms with E-state index in [1.54, 1.807) is 6.08 Å². The first-order chi connectivity index (χ1) is 11.7. The number of esters is 1. The van der Waals surface area contributed by atoms with Crippen molar-refractivity contribution in [1.29, 1.82) is 0 Å². The van der Waals surface area contributed by atoms with Crippen molar-refractivity contribution in [2.75, 3.05) is 13.2 Å². The van der Waals surface area contributed by atoms with Gasteiger partial charge >= 0.3 is 5.97 Å². The summed E-state index contributed by atoms with van der Waals surface area (Å²) < 4.78 is 5.57. The van der Waals surface area contributed by atoms with Gasteiger partial charge in [0.2, 0.25) is 0 Å². The van der Waals surface area contributed by atoms with E-state index in [1.165, 1.54) is 0 Å². The van der Waals surface area contributed by atoms with Gasteiger partial charge in [0.25, 0.3) is 0 Å². The summed E-state index contributed by atoms with van der Waals surface area (Å²) in [5, 5.41) is 21.1. The zero-order chi connectivity index (χ0) is 18.2. The van der Waals surface area contributed by atoms with E-state index in [4.69, 9.17) is 4.74 Å². The van der Waals surface area contributed by atoms with Crippen molar-refractivity contribution in [3.63, 3.8) is 0 Å². The first-order valence-corrected chi connectivity index (χ1v) is 9.10. The van der Waals surface area contributed by atoms with E-state index in [9.17, 15) is 19.8 Å². The fraction of sp³-hybridized carbons (Fsp3) is 0.700. The van der Waals surface area contributed by atoms with Gasteiger partial charge in [-0.1, -0.05) is 26.5 Å². The third-order valence-electron chi connectivity index (χ3n) is 7.64. The minimum absolute atomic E-state index is 0.0139. The average Bonchev–Trinajstić information content (AvgIpc) is 2.77. The number of rotatable bonds is 1. The Morgan fingerprint density at radius 2 is 2.00 bits per heavy atom. The summed E-state index contributed by atoms with van der Waals surface area (Å²) in [7, 11) is 0. The van der Waals surface area contributed by atoms with Gasteiger partial charge in [0.1, 0.15) is 12.0 Å². The van der Waals surface area contributed by atoms with Gasteiger partial charge in [-0.15, -0.1) is 0 Å². The molecular weight excluding hydrogens is 320 g/mol. The molecule has 2 bridgehead atoms. The molecule has 2 spiro atoms. The van der Waals surface area contributed by atoms with Crippen LogP contribution in [-0.2, 0) is 14.3 Å². The van der Waals surface area contributed by atoms with Gasteiger partial charge in [0.05, 0.1) is 11.5 Å². The Labute approximate surface area is 147 Å². The number of ketones is 1. The third kappa shape index (κ3) is 1.81. The van der Waals surface area contributed by atoms with Crippen molar-refractivity contribution in [3.05, 3.63) is 24.3 Å². The highest BCUT2D eigenvalue weighted by Gasteiger charge is 2.73. The SMILES string of the molecule is C=C1[C@@H]2CC[C@@H]3[C@](C2)(C(=O)OC[C@]32C(=O)C=CC(C)(C)[C@H]2CO)[C@@H]1O. The molecule has 0 aromatic rings. The number of ether oxygens (including phenoxy) is 1. The topological polar surface area (TPSA) is 83.8 Å². The molecule has 0 amide bonds. The standard InChI is InChI=1S/C20H26O5/c1-11-12-4-5-13-19(8-12,16(11)23)17(24)25-10-20(13)14(9-21)18(2,3)7-6-15(20)22/h6-7,12-14,16,21,23H,1,4-5,8-10H2,2-3H3/t12-,13-,14-,16-,19+,20+/m1/s1. The molecule has 3 fully saturated rings. The summed E-state index contributed by atoms with van der Waals surface area (Å²) >= 11 is 0. The zero-order valence-electron chi connectivity index (χ0n) is 14.8. The van der Waals surface area contributed by atoms with Crippen LogP contribution in [0.3, 0.4) is 0 Å². The Balaban J connectivity index is 1.92. The van der Waals surface area contributed by atoms with Crippen molar-refractivity contribution >= 4 is 11.8 Å². The van der Waals surface area contributed by atoms with Gasteiger partial charge in [0, 0.05) is 12.5 Å². The number of aliphatic hydroxyl groups excluding tert-OH is 2.